The first-order chi connectivity index (χ1) is 11.5. The lowest BCUT2D eigenvalue weighted by molar-refractivity contribution is 0.0697. The van der Waals surface area contributed by atoms with Crippen LogP contribution in [0.2, 0.25) is 0 Å². The molecule has 4 nitrogen and oxygen atoms in total. The van der Waals surface area contributed by atoms with Gasteiger partial charge >= 0.3 is 5.97 Å². The molecule has 0 aromatic heterocycles. The molecule has 2 aromatic rings. The zero-order chi connectivity index (χ0) is 17.1. The SMILES string of the molecule is Cc1cc(N2CCCC2)c(F)cc1C=Nc1ccc(C(=O)O)cc1. The maximum atomic E-state index is 14.4. The molecule has 0 spiro atoms. The Balaban J connectivity index is 1.81. The number of anilines is 1. The van der Waals surface area contributed by atoms with E-state index in [0.29, 0.717) is 11.4 Å². The van der Waals surface area contributed by atoms with E-state index in [2.05, 4.69) is 9.89 Å². The van der Waals surface area contributed by atoms with E-state index in [1.54, 1.807) is 18.3 Å². The van der Waals surface area contributed by atoms with Crippen molar-refractivity contribution in [1.29, 1.82) is 0 Å². The number of carbonyl (C=O) groups is 1. The van der Waals surface area contributed by atoms with E-state index in [0.717, 1.165) is 37.1 Å². The summed E-state index contributed by atoms with van der Waals surface area (Å²) < 4.78 is 14.4. The van der Waals surface area contributed by atoms with Crippen molar-refractivity contribution < 1.29 is 14.3 Å². The lowest BCUT2D eigenvalue weighted by Crippen LogP contribution is -2.19. The Hall–Kier alpha value is -2.69. The number of halogens is 1. The highest BCUT2D eigenvalue weighted by molar-refractivity contribution is 5.88. The summed E-state index contributed by atoms with van der Waals surface area (Å²) in [4.78, 5) is 17.2. The molecule has 1 aliphatic heterocycles. The molecule has 0 atom stereocenters. The Bertz CT molecular complexity index is 779. The molecule has 0 bridgehead atoms. The summed E-state index contributed by atoms with van der Waals surface area (Å²) in [6.45, 7) is 3.74. The summed E-state index contributed by atoms with van der Waals surface area (Å²) in [6.07, 6.45) is 3.82. The summed E-state index contributed by atoms with van der Waals surface area (Å²) in [7, 11) is 0. The monoisotopic (exact) mass is 326 g/mol. The van der Waals surface area contributed by atoms with Gasteiger partial charge in [0.15, 0.2) is 0 Å². The third-order valence-corrected chi connectivity index (χ3v) is 4.25. The van der Waals surface area contributed by atoms with Gasteiger partial charge in [0, 0.05) is 19.3 Å². The van der Waals surface area contributed by atoms with Gasteiger partial charge in [0.2, 0.25) is 0 Å². The zero-order valence-electron chi connectivity index (χ0n) is 13.5. The highest BCUT2D eigenvalue weighted by Gasteiger charge is 2.17. The number of hydrogen-bond acceptors (Lipinski definition) is 3. The first kappa shape index (κ1) is 16.2. The second-order valence-corrected chi connectivity index (χ2v) is 5.96. The first-order valence-corrected chi connectivity index (χ1v) is 7.97. The molecule has 124 valence electrons. The zero-order valence-corrected chi connectivity index (χ0v) is 13.5. The Morgan fingerprint density at radius 3 is 2.50 bits per heavy atom. The molecule has 3 rings (SSSR count). The Labute approximate surface area is 140 Å². The molecule has 2 aromatic carbocycles. The number of benzene rings is 2. The Kier molecular flexibility index (Phi) is 4.60. The fourth-order valence-electron chi connectivity index (χ4n) is 2.86. The molecule has 1 heterocycles. The van der Waals surface area contributed by atoms with E-state index in [1.807, 2.05) is 13.0 Å². The van der Waals surface area contributed by atoms with Gasteiger partial charge in [-0.05, 0) is 67.3 Å². The maximum absolute atomic E-state index is 14.4. The predicted octanol–water partition coefficient (Wildman–Crippen LogP) is 4.18. The van der Waals surface area contributed by atoms with E-state index in [9.17, 15) is 9.18 Å². The summed E-state index contributed by atoms with van der Waals surface area (Å²) in [5, 5.41) is 8.88. The minimum Gasteiger partial charge on any atom is -0.478 e. The van der Waals surface area contributed by atoms with Crippen molar-refractivity contribution in [3.63, 3.8) is 0 Å². The van der Waals surface area contributed by atoms with Crippen molar-refractivity contribution in [3.8, 4) is 0 Å². The smallest absolute Gasteiger partial charge is 0.335 e. The average molecular weight is 326 g/mol. The van der Waals surface area contributed by atoms with Gasteiger partial charge in [0.05, 0.1) is 16.9 Å². The summed E-state index contributed by atoms with van der Waals surface area (Å²) in [5.41, 5.74) is 3.18. The van der Waals surface area contributed by atoms with E-state index in [4.69, 9.17) is 5.11 Å². The number of aromatic carboxylic acids is 1. The van der Waals surface area contributed by atoms with Crippen LogP contribution in [0.25, 0.3) is 0 Å². The normalized spacial score (nSPS) is 14.5. The topological polar surface area (TPSA) is 52.9 Å². The second kappa shape index (κ2) is 6.83. The molecule has 1 aliphatic rings. The highest BCUT2D eigenvalue weighted by Crippen LogP contribution is 2.26. The standard InChI is InChI=1S/C19H19FN2O2/c1-13-10-18(22-8-2-3-9-22)17(20)11-15(13)12-21-16-6-4-14(5-7-16)19(23)24/h4-7,10-12H,2-3,8-9H2,1H3,(H,23,24). The molecule has 1 N–H and O–H groups in total. The van der Waals surface area contributed by atoms with Crippen molar-refractivity contribution in [3.05, 3.63) is 58.9 Å². The van der Waals surface area contributed by atoms with Crippen molar-refractivity contribution >= 4 is 23.6 Å². The van der Waals surface area contributed by atoms with E-state index >= 15 is 0 Å². The summed E-state index contributed by atoms with van der Waals surface area (Å²) in [5.74, 6) is -1.20. The van der Waals surface area contributed by atoms with Gasteiger partial charge in [0.1, 0.15) is 5.82 Å². The fourth-order valence-corrected chi connectivity index (χ4v) is 2.86. The van der Waals surface area contributed by atoms with Gasteiger partial charge in [-0.15, -0.1) is 0 Å². The number of aliphatic imine (C=N–C) groups is 1. The van der Waals surface area contributed by atoms with Crippen LogP contribution in [0.5, 0.6) is 0 Å². The first-order valence-electron chi connectivity index (χ1n) is 7.97. The molecule has 24 heavy (non-hydrogen) atoms. The van der Waals surface area contributed by atoms with Crippen LogP contribution in [0.15, 0.2) is 41.4 Å². The van der Waals surface area contributed by atoms with Gasteiger partial charge in [-0.25, -0.2) is 9.18 Å². The van der Waals surface area contributed by atoms with Crippen LogP contribution in [-0.2, 0) is 0 Å². The highest BCUT2D eigenvalue weighted by atomic mass is 19.1. The number of nitrogens with zero attached hydrogens (tertiary/aromatic N) is 2. The minimum atomic E-state index is -0.971. The fraction of sp³-hybridized carbons (Fsp3) is 0.263. The van der Waals surface area contributed by atoms with Crippen molar-refractivity contribution in [2.75, 3.05) is 18.0 Å². The van der Waals surface area contributed by atoms with Crippen LogP contribution in [0.3, 0.4) is 0 Å². The van der Waals surface area contributed by atoms with Crippen molar-refractivity contribution in [2.45, 2.75) is 19.8 Å². The number of hydrogen-bond donors (Lipinski definition) is 1. The predicted molar refractivity (Wildman–Crippen MR) is 93.2 cm³/mol. The Morgan fingerprint density at radius 1 is 1.21 bits per heavy atom. The minimum absolute atomic E-state index is 0.214. The van der Waals surface area contributed by atoms with Gasteiger partial charge in [0.25, 0.3) is 0 Å². The van der Waals surface area contributed by atoms with E-state index in [1.165, 1.54) is 18.2 Å². The summed E-state index contributed by atoms with van der Waals surface area (Å²) >= 11 is 0. The van der Waals surface area contributed by atoms with Crippen molar-refractivity contribution in [2.24, 2.45) is 4.99 Å². The molecule has 0 aliphatic carbocycles. The van der Waals surface area contributed by atoms with Gasteiger partial charge in [-0.3, -0.25) is 4.99 Å². The van der Waals surface area contributed by atoms with Crippen LogP contribution in [0, 0.1) is 12.7 Å². The molecule has 0 saturated carbocycles. The number of carboxylic acids is 1. The lowest BCUT2D eigenvalue weighted by Gasteiger charge is -2.19. The Morgan fingerprint density at radius 2 is 1.88 bits per heavy atom. The third-order valence-electron chi connectivity index (χ3n) is 4.25. The molecule has 1 fully saturated rings. The van der Waals surface area contributed by atoms with Crippen LogP contribution >= 0.6 is 0 Å². The van der Waals surface area contributed by atoms with Gasteiger partial charge < -0.3 is 10.0 Å². The number of aryl methyl sites for hydroxylation is 1. The molecule has 0 radical (unpaired) electrons. The van der Waals surface area contributed by atoms with E-state index in [-0.39, 0.29) is 11.4 Å². The molecule has 0 unspecified atom stereocenters. The quantitative estimate of drug-likeness (QED) is 0.857. The third kappa shape index (κ3) is 3.45. The van der Waals surface area contributed by atoms with Crippen molar-refractivity contribution in [1.82, 2.24) is 0 Å². The van der Waals surface area contributed by atoms with E-state index < -0.39 is 5.97 Å². The average Bonchev–Trinajstić information content (AvgIpc) is 3.10. The van der Waals surface area contributed by atoms with Crippen LogP contribution < -0.4 is 4.90 Å². The number of rotatable bonds is 4. The lowest BCUT2D eigenvalue weighted by atomic mass is 10.1. The largest absolute Gasteiger partial charge is 0.478 e. The molecule has 5 heteroatoms. The molecular formula is C19H19FN2O2. The molecule has 0 amide bonds. The second-order valence-electron chi connectivity index (χ2n) is 5.96. The van der Waals surface area contributed by atoms with Crippen LogP contribution in [-0.4, -0.2) is 30.4 Å². The maximum Gasteiger partial charge on any atom is 0.335 e. The summed E-state index contributed by atoms with van der Waals surface area (Å²) in [6, 6.07) is 9.64. The molecule has 1 saturated heterocycles. The molecular weight excluding hydrogens is 307 g/mol. The van der Waals surface area contributed by atoms with Gasteiger partial charge in [-0.2, -0.15) is 0 Å². The van der Waals surface area contributed by atoms with Crippen LogP contribution in [0.4, 0.5) is 15.8 Å². The number of carboxylic acid groups (broad SMARTS) is 1. The van der Waals surface area contributed by atoms with Gasteiger partial charge in [-0.1, -0.05) is 0 Å². The van der Waals surface area contributed by atoms with Crippen LogP contribution in [0.1, 0.15) is 34.3 Å².